The normalized spacial score (nSPS) is 10.4. The second-order valence-corrected chi connectivity index (χ2v) is 4.36. The third kappa shape index (κ3) is 3.22. The highest BCUT2D eigenvalue weighted by Crippen LogP contribution is 2.28. The summed E-state index contributed by atoms with van der Waals surface area (Å²) in [6.45, 7) is 2.36. The van der Waals surface area contributed by atoms with E-state index in [1.807, 2.05) is 18.2 Å². The fraction of sp³-hybridized carbons (Fsp3) is 0.333. The van der Waals surface area contributed by atoms with Crippen molar-refractivity contribution in [1.82, 2.24) is 0 Å². The Bertz CT molecular complexity index is 643. The number of aliphatic hydroxyl groups is 1. The summed E-state index contributed by atoms with van der Waals surface area (Å²) in [7, 11) is 1.58. The standard InChI is InChI=1S/C15H18N2O4/c1-3-21-15(19)12-9-17-13-5-4-10(20-2)8-11(13)14(12)16-6-7-18/h4-5,8-9,18H,3,6-7H2,1-2H3,(H,16,17)/p+1. The Hall–Kier alpha value is -2.34. The van der Waals surface area contributed by atoms with Crippen LogP contribution in [0.25, 0.3) is 10.9 Å². The smallest absolute Gasteiger partial charge is 0.346 e. The highest BCUT2D eigenvalue weighted by molar-refractivity contribution is 6.04. The molecule has 0 radical (unpaired) electrons. The van der Waals surface area contributed by atoms with Crippen LogP contribution in [0.3, 0.4) is 0 Å². The van der Waals surface area contributed by atoms with Crippen LogP contribution in [0, 0.1) is 0 Å². The van der Waals surface area contributed by atoms with Gasteiger partial charge in [0.25, 0.3) is 0 Å². The Morgan fingerprint density at radius 3 is 2.90 bits per heavy atom. The largest absolute Gasteiger partial charge is 0.497 e. The maximum Gasteiger partial charge on any atom is 0.346 e. The molecule has 1 aromatic heterocycles. The number of hydrogen-bond acceptors (Lipinski definition) is 5. The summed E-state index contributed by atoms with van der Waals surface area (Å²) in [5.41, 5.74) is 1.87. The van der Waals surface area contributed by atoms with Crippen LogP contribution in [-0.4, -0.2) is 37.9 Å². The van der Waals surface area contributed by atoms with E-state index < -0.39 is 5.97 Å². The molecule has 0 saturated carbocycles. The molecule has 0 spiro atoms. The number of anilines is 1. The lowest BCUT2D eigenvalue weighted by Gasteiger charge is -2.11. The number of fused-ring (bicyclic) bond motifs is 1. The first-order valence-electron chi connectivity index (χ1n) is 6.75. The zero-order valence-corrected chi connectivity index (χ0v) is 12.1. The Morgan fingerprint density at radius 2 is 2.24 bits per heavy atom. The maximum atomic E-state index is 12.1. The summed E-state index contributed by atoms with van der Waals surface area (Å²) in [6, 6.07) is 5.53. The van der Waals surface area contributed by atoms with Crippen molar-refractivity contribution in [3.63, 3.8) is 0 Å². The second kappa shape index (κ2) is 6.90. The molecular formula is C15H19N2O4+. The van der Waals surface area contributed by atoms with Gasteiger partial charge in [-0.2, -0.15) is 0 Å². The van der Waals surface area contributed by atoms with Crippen molar-refractivity contribution in [2.45, 2.75) is 6.92 Å². The highest BCUT2D eigenvalue weighted by atomic mass is 16.5. The number of aliphatic hydroxyl groups excluding tert-OH is 1. The van der Waals surface area contributed by atoms with Crippen LogP contribution in [0.4, 0.5) is 5.69 Å². The van der Waals surface area contributed by atoms with Crippen molar-refractivity contribution < 1.29 is 24.4 Å². The fourth-order valence-corrected chi connectivity index (χ4v) is 2.09. The molecule has 112 valence electrons. The summed E-state index contributed by atoms with van der Waals surface area (Å²) >= 11 is 0. The first-order chi connectivity index (χ1) is 10.2. The van der Waals surface area contributed by atoms with Crippen LogP contribution in [0.5, 0.6) is 5.75 Å². The van der Waals surface area contributed by atoms with Gasteiger partial charge in [0.15, 0.2) is 6.20 Å². The van der Waals surface area contributed by atoms with E-state index in [1.54, 1.807) is 20.2 Å². The van der Waals surface area contributed by atoms with Crippen molar-refractivity contribution in [2.75, 3.05) is 32.2 Å². The summed E-state index contributed by atoms with van der Waals surface area (Å²) in [5.74, 6) is 0.267. The molecule has 2 rings (SSSR count). The van der Waals surface area contributed by atoms with Gasteiger partial charge in [0.05, 0.1) is 31.4 Å². The number of H-pyrrole nitrogens is 1. The SMILES string of the molecule is CCOC(=O)c1c[nH+]c2ccc(OC)cc2c1NCCO. The molecule has 0 unspecified atom stereocenters. The third-order valence-corrected chi connectivity index (χ3v) is 3.05. The van der Waals surface area contributed by atoms with Crippen LogP contribution in [0.2, 0.25) is 0 Å². The van der Waals surface area contributed by atoms with Gasteiger partial charge >= 0.3 is 5.97 Å². The molecule has 0 aliphatic rings. The van der Waals surface area contributed by atoms with E-state index in [2.05, 4.69) is 10.3 Å². The Balaban J connectivity index is 2.58. The van der Waals surface area contributed by atoms with Crippen LogP contribution >= 0.6 is 0 Å². The molecule has 0 atom stereocenters. The van der Waals surface area contributed by atoms with Gasteiger partial charge in [0.2, 0.25) is 5.52 Å². The van der Waals surface area contributed by atoms with Crippen molar-refractivity contribution in [2.24, 2.45) is 0 Å². The van der Waals surface area contributed by atoms with Gasteiger partial charge in [-0.3, -0.25) is 0 Å². The molecule has 21 heavy (non-hydrogen) atoms. The molecule has 1 heterocycles. The lowest BCUT2D eigenvalue weighted by molar-refractivity contribution is -0.344. The molecule has 6 heteroatoms. The van der Waals surface area contributed by atoms with E-state index in [0.29, 0.717) is 30.2 Å². The number of benzene rings is 1. The third-order valence-electron chi connectivity index (χ3n) is 3.05. The van der Waals surface area contributed by atoms with Crippen molar-refractivity contribution in [1.29, 1.82) is 0 Å². The van der Waals surface area contributed by atoms with Crippen LogP contribution in [0.1, 0.15) is 17.3 Å². The number of pyridine rings is 1. The molecule has 3 N–H and O–H groups in total. The van der Waals surface area contributed by atoms with Gasteiger partial charge in [-0.15, -0.1) is 0 Å². The van der Waals surface area contributed by atoms with Crippen LogP contribution in [0.15, 0.2) is 24.4 Å². The van der Waals surface area contributed by atoms with E-state index in [9.17, 15) is 4.79 Å². The molecule has 0 fully saturated rings. The van der Waals surface area contributed by atoms with Gasteiger partial charge in [-0.05, 0) is 19.1 Å². The molecule has 1 aromatic carbocycles. The summed E-state index contributed by atoms with van der Waals surface area (Å²) in [6.07, 6.45) is 1.60. The lowest BCUT2D eigenvalue weighted by atomic mass is 10.1. The van der Waals surface area contributed by atoms with Crippen LogP contribution in [-0.2, 0) is 4.74 Å². The zero-order valence-electron chi connectivity index (χ0n) is 12.1. The number of carbonyl (C=O) groups is 1. The molecule has 0 amide bonds. The number of esters is 1. The van der Waals surface area contributed by atoms with E-state index in [-0.39, 0.29) is 6.61 Å². The number of carbonyl (C=O) groups excluding carboxylic acids is 1. The number of hydrogen-bond donors (Lipinski definition) is 2. The number of aromatic nitrogens is 1. The second-order valence-electron chi connectivity index (χ2n) is 4.36. The van der Waals surface area contributed by atoms with E-state index in [1.165, 1.54) is 0 Å². The Labute approximate surface area is 122 Å². The molecule has 0 aliphatic heterocycles. The lowest BCUT2D eigenvalue weighted by Crippen LogP contribution is -2.17. The molecule has 0 aliphatic carbocycles. The Morgan fingerprint density at radius 1 is 1.43 bits per heavy atom. The summed E-state index contributed by atoms with van der Waals surface area (Å²) in [5, 5.41) is 12.9. The predicted octanol–water partition coefficient (Wildman–Crippen LogP) is 1.24. The number of ether oxygens (including phenoxy) is 2. The molecule has 0 bridgehead atoms. The highest BCUT2D eigenvalue weighted by Gasteiger charge is 2.20. The predicted molar refractivity (Wildman–Crippen MR) is 78.6 cm³/mol. The number of rotatable bonds is 6. The molecule has 6 nitrogen and oxygen atoms in total. The molecule has 2 aromatic rings. The van der Waals surface area contributed by atoms with Gasteiger partial charge < -0.3 is 19.9 Å². The molecular weight excluding hydrogens is 272 g/mol. The monoisotopic (exact) mass is 291 g/mol. The Kier molecular flexibility index (Phi) is 4.94. The average Bonchev–Trinajstić information content (AvgIpc) is 2.52. The minimum Gasteiger partial charge on any atom is -0.497 e. The van der Waals surface area contributed by atoms with E-state index >= 15 is 0 Å². The number of methoxy groups -OCH3 is 1. The summed E-state index contributed by atoms with van der Waals surface area (Å²) < 4.78 is 10.3. The van der Waals surface area contributed by atoms with Crippen molar-refractivity contribution in [3.8, 4) is 5.75 Å². The molecule has 0 saturated heterocycles. The van der Waals surface area contributed by atoms with Crippen molar-refractivity contribution in [3.05, 3.63) is 30.0 Å². The van der Waals surface area contributed by atoms with E-state index in [0.717, 1.165) is 10.9 Å². The topological polar surface area (TPSA) is 81.9 Å². The van der Waals surface area contributed by atoms with Gasteiger partial charge in [-0.25, -0.2) is 9.78 Å². The fourth-order valence-electron chi connectivity index (χ4n) is 2.09. The quantitative estimate of drug-likeness (QED) is 0.783. The van der Waals surface area contributed by atoms with Crippen LogP contribution < -0.4 is 15.0 Å². The first-order valence-corrected chi connectivity index (χ1v) is 6.75. The van der Waals surface area contributed by atoms with Gasteiger partial charge in [-0.1, -0.05) is 0 Å². The summed E-state index contributed by atoms with van der Waals surface area (Å²) in [4.78, 5) is 15.1. The van der Waals surface area contributed by atoms with Gasteiger partial charge in [0, 0.05) is 12.6 Å². The van der Waals surface area contributed by atoms with Gasteiger partial charge in [0.1, 0.15) is 11.3 Å². The average molecular weight is 291 g/mol. The van der Waals surface area contributed by atoms with Crippen molar-refractivity contribution >= 4 is 22.6 Å². The minimum absolute atomic E-state index is 0.0354. The number of nitrogens with one attached hydrogen (secondary N) is 2. The van der Waals surface area contributed by atoms with E-state index in [4.69, 9.17) is 14.6 Å². The first kappa shape index (κ1) is 15.1. The minimum atomic E-state index is -0.418. The number of aromatic amines is 1. The maximum absolute atomic E-state index is 12.1. The zero-order chi connectivity index (χ0) is 15.2.